The average molecular weight is 2250 g/mol. The molecule has 1 amide bonds. The third-order valence-electron chi connectivity index (χ3n) is 25.2. The molecular formula is C103H105Cl8F7N20OS6. The maximum absolute atomic E-state index is 14.5. The Morgan fingerprint density at radius 1 is 0.331 bits per heavy atom. The quantitative estimate of drug-likeness (QED) is 0.0185. The molecule has 8 aromatic carbocycles. The molecule has 21 rings (SSSR count). The van der Waals surface area contributed by atoms with Crippen LogP contribution in [0, 0.1) is 40.7 Å². The zero-order valence-corrected chi connectivity index (χ0v) is 90.7. The first-order valence-electron chi connectivity index (χ1n) is 47.4. The van der Waals surface area contributed by atoms with E-state index in [1.54, 1.807) is 103 Å². The number of nitrogens with one attached hydrogen (secondary N) is 7. The Morgan fingerprint density at radius 3 is 0.890 bits per heavy atom. The summed E-state index contributed by atoms with van der Waals surface area (Å²) in [5, 5.41) is 51.4. The largest absolute Gasteiger partial charge is 0.347 e. The standard InChI is InChI=1S/C19H17ClFN3S.C15H17ClFN3S.4C14H15ClFN3S.C13H11Cl2FN2O/c20-14-7-4-8-15(21)17(14)19(12-5-2-1-3-6-12)22-11-16-18(13-9-10-13)23-24-25-16;1-15(2,13-10(16)4-3-5-11(13)17)18-8-12-14(9-6-7-9)19-20-21-12;4*1-8(13-10(15)3-2-4-11(13)16)17-7-12-14(9-5-6-9)18-19-20-12;1-18-11(5-6-12(18)15)13(19)17-7-8-9(14)3-2-4-10(8)16/h1-8,13,19,22H,9-11H2;3-5,9,18H,6-8H2,1-2H3;4*2-4,8-9,17H,5-7H2,1H3;2-6H,7H2,1H3,(H,17,19)/t;;2*8-;;;/m..10.../s1. The first-order chi connectivity index (χ1) is 69.9. The Balaban J connectivity index is 0.000000127. The number of halogens is 15. The van der Waals surface area contributed by atoms with Gasteiger partial charge in [0.1, 0.15) is 51.6 Å². The van der Waals surface area contributed by atoms with Crippen LogP contribution >= 0.6 is 162 Å². The molecule has 6 saturated carbocycles. The van der Waals surface area contributed by atoms with Gasteiger partial charge < -0.3 is 41.8 Å². The number of benzene rings is 8. The van der Waals surface area contributed by atoms with Crippen LogP contribution in [0.1, 0.15) is 303 Å². The lowest BCUT2D eigenvalue weighted by Gasteiger charge is -2.28. The van der Waals surface area contributed by atoms with Gasteiger partial charge in [0.25, 0.3) is 5.91 Å². The molecule has 7 heterocycles. The van der Waals surface area contributed by atoms with Crippen molar-refractivity contribution in [2.45, 2.75) is 236 Å². The predicted octanol–water partition coefficient (Wildman–Crippen LogP) is 29.0. The van der Waals surface area contributed by atoms with E-state index in [0.717, 1.165) is 69.0 Å². The third-order valence-corrected chi connectivity index (χ3v) is 32.4. The summed E-state index contributed by atoms with van der Waals surface area (Å²) in [7, 11) is 1.67. The predicted molar refractivity (Wildman–Crippen MR) is 569 cm³/mol. The molecule has 6 aliphatic carbocycles. The maximum Gasteiger partial charge on any atom is 0.268 e. The molecule has 21 nitrogen and oxygen atoms in total. The van der Waals surface area contributed by atoms with E-state index >= 15 is 0 Å². The fourth-order valence-electron chi connectivity index (χ4n) is 16.3. The molecule has 5 atom stereocenters. The maximum atomic E-state index is 14.5. The van der Waals surface area contributed by atoms with Crippen LogP contribution in [0.15, 0.2) is 170 Å². The van der Waals surface area contributed by atoms with Crippen molar-refractivity contribution in [2.24, 2.45) is 7.05 Å². The van der Waals surface area contributed by atoms with Crippen LogP contribution in [0.5, 0.6) is 0 Å². The van der Waals surface area contributed by atoms with Gasteiger partial charge in [-0.05, 0) is 290 Å². The van der Waals surface area contributed by atoms with Gasteiger partial charge in [-0.15, -0.1) is 30.6 Å². The highest BCUT2D eigenvalue weighted by molar-refractivity contribution is 7.07. The van der Waals surface area contributed by atoms with Crippen molar-refractivity contribution in [2.75, 3.05) is 0 Å². The first-order valence-corrected chi connectivity index (χ1v) is 55.1. The van der Waals surface area contributed by atoms with Crippen LogP contribution < -0.4 is 37.2 Å². The van der Waals surface area contributed by atoms with Crippen LogP contribution in [-0.4, -0.2) is 68.0 Å². The Bertz CT molecular complexity index is 6260. The van der Waals surface area contributed by atoms with E-state index in [9.17, 15) is 35.5 Å². The summed E-state index contributed by atoms with van der Waals surface area (Å²) in [5.41, 5.74) is 10.7. The summed E-state index contributed by atoms with van der Waals surface area (Å²) in [6.07, 6.45) is 14.4. The monoisotopic (exact) mass is 2240 g/mol. The van der Waals surface area contributed by atoms with E-state index in [-0.39, 0.29) is 88.2 Å². The minimum Gasteiger partial charge on any atom is -0.347 e. The van der Waals surface area contributed by atoms with Crippen molar-refractivity contribution >= 4 is 168 Å². The lowest BCUT2D eigenvalue weighted by atomic mass is 9.93. The van der Waals surface area contributed by atoms with Crippen molar-refractivity contribution in [3.8, 4) is 0 Å². The summed E-state index contributed by atoms with van der Waals surface area (Å²) >= 11 is 57.0. The molecule has 15 aromatic rings. The molecule has 7 aromatic heterocycles. The second-order valence-corrected chi connectivity index (χ2v) is 44.8. The van der Waals surface area contributed by atoms with Gasteiger partial charge in [0.15, 0.2) is 0 Å². The van der Waals surface area contributed by atoms with E-state index < -0.39 is 11.4 Å². The highest BCUT2D eigenvalue weighted by Gasteiger charge is 2.37. The molecule has 0 aliphatic heterocycles. The summed E-state index contributed by atoms with van der Waals surface area (Å²) in [6, 6.07) is 45.1. The van der Waals surface area contributed by atoms with E-state index in [4.69, 9.17) is 92.8 Å². The number of carbonyl (C=O) groups is 1. The van der Waals surface area contributed by atoms with Gasteiger partial charge in [0, 0.05) is 192 Å². The van der Waals surface area contributed by atoms with Gasteiger partial charge in [-0.1, -0.05) is 193 Å². The Morgan fingerprint density at radius 2 is 0.607 bits per heavy atom. The zero-order valence-electron chi connectivity index (χ0n) is 79.8. The highest BCUT2D eigenvalue weighted by Crippen LogP contribution is 2.48. The first kappa shape index (κ1) is 111. The number of amides is 1. The molecule has 0 radical (unpaired) electrons. The second kappa shape index (κ2) is 52.3. The molecule has 764 valence electrons. The fraction of sp³-hybridized carbons (Fsp3) is 0.369. The van der Waals surface area contributed by atoms with Crippen molar-refractivity contribution in [3.63, 3.8) is 0 Å². The van der Waals surface area contributed by atoms with Gasteiger partial charge in [-0.25, -0.2) is 30.7 Å². The number of rotatable bonds is 34. The van der Waals surface area contributed by atoms with E-state index in [2.05, 4.69) is 94.7 Å². The molecule has 6 fully saturated rings. The fourth-order valence-corrected chi connectivity index (χ4v) is 22.7. The highest BCUT2D eigenvalue weighted by atomic mass is 35.5. The molecule has 0 spiro atoms. The molecule has 145 heavy (non-hydrogen) atoms. The minimum atomic E-state index is -0.562. The van der Waals surface area contributed by atoms with Crippen LogP contribution in [0.2, 0.25) is 40.3 Å². The van der Waals surface area contributed by atoms with Gasteiger partial charge in [-0.2, -0.15) is 0 Å². The van der Waals surface area contributed by atoms with Gasteiger partial charge >= 0.3 is 0 Å². The minimum absolute atomic E-state index is 0.0210. The number of aromatic nitrogens is 13. The Hall–Kier alpha value is -8.54. The number of carbonyl (C=O) groups excluding carboxylic acids is 1. The van der Waals surface area contributed by atoms with Crippen molar-refractivity contribution < 1.29 is 35.5 Å². The molecule has 6 aliphatic rings. The van der Waals surface area contributed by atoms with Crippen LogP contribution in [0.3, 0.4) is 0 Å². The Kier molecular flexibility index (Phi) is 39.9. The summed E-state index contributed by atoms with van der Waals surface area (Å²) in [5.74, 6) is 0.958. The summed E-state index contributed by atoms with van der Waals surface area (Å²) in [4.78, 5) is 18.8. The summed E-state index contributed by atoms with van der Waals surface area (Å²) < 4.78 is 123. The van der Waals surface area contributed by atoms with Crippen molar-refractivity contribution in [1.29, 1.82) is 0 Å². The molecule has 7 N–H and O–H groups in total. The second-order valence-electron chi connectivity index (χ2n) is 36.5. The third kappa shape index (κ3) is 30.2. The van der Waals surface area contributed by atoms with Crippen LogP contribution in [0.4, 0.5) is 30.7 Å². The number of nitrogens with zero attached hydrogens (tertiary/aromatic N) is 13. The Labute approximate surface area is 902 Å². The molecule has 42 heteroatoms. The molecule has 0 bridgehead atoms. The van der Waals surface area contributed by atoms with E-state index in [1.165, 1.54) is 195 Å². The normalized spacial score (nSPS) is 15.3. The van der Waals surface area contributed by atoms with Crippen molar-refractivity contribution in [3.05, 3.63) is 365 Å². The van der Waals surface area contributed by atoms with E-state index in [1.807, 2.05) is 71.9 Å². The zero-order chi connectivity index (χ0) is 103. The van der Waals surface area contributed by atoms with E-state index in [0.29, 0.717) is 149 Å². The lowest BCUT2D eigenvalue weighted by Crippen LogP contribution is -2.37. The lowest BCUT2D eigenvalue weighted by molar-refractivity contribution is 0.0942. The van der Waals surface area contributed by atoms with Gasteiger partial charge in [0.05, 0.1) is 69.5 Å². The molecule has 0 saturated heterocycles. The molecule has 3 unspecified atom stereocenters. The molecular weight excluding hydrogens is 2140 g/mol. The smallest absolute Gasteiger partial charge is 0.268 e. The number of hydrogen-bond donors (Lipinski definition) is 7. The number of hydrogen-bond acceptors (Lipinski definition) is 25. The SMILES string of the molecule is CC(C)(NCc1snnc1C1CC1)c1c(F)cccc1Cl.CC(NCc1snnc1C1CC1)c1c(F)cccc1Cl.CC(NCc1snnc1C1CC1)c1c(F)cccc1Cl.C[C@@H](NCc1snnc1C1CC1)c1c(F)cccc1Cl.C[C@H](NCc1snnc1C1CC1)c1c(F)cccc1Cl.Cn1c(Cl)ccc1C(=O)NCc1c(F)cccc1Cl.Fc1cccc(Cl)c1C(NCc1snnc1C1CC1)c1ccccc1. The topological polar surface area (TPSA) is 261 Å². The average Bonchev–Trinajstić information content (AvgIpc) is 1.65. The van der Waals surface area contributed by atoms with Gasteiger partial charge in [-0.3, -0.25) is 4.79 Å². The van der Waals surface area contributed by atoms with Crippen LogP contribution in [0.25, 0.3) is 0 Å². The van der Waals surface area contributed by atoms with Crippen LogP contribution in [-0.2, 0) is 58.4 Å². The summed E-state index contributed by atoms with van der Waals surface area (Å²) in [6.45, 7) is 15.3. The van der Waals surface area contributed by atoms with Gasteiger partial charge in [0.2, 0.25) is 0 Å². The van der Waals surface area contributed by atoms with Crippen molar-refractivity contribution in [1.82, 2.24) is 99.3 Å².